The molecular weight excluding hydrogens is 325 g/mol. The quantitative estimate of drug-likeness (QED) is 0.837. The fraction of sp³-hybridized carbons (Fsp3) is 0.632. The van der Waals surface area contributed by atoms with Crippen LogP contribution in [0, 0.1) is 5.82 Å². The molecule has 2 atom stereocenters. The molecule has 2 aliphatic heterocycles. The van der Waals surface area contributed by atoms with Crippen LogP contribution in [0.4, 0.5) is 4.39 Å². The van der Waals surface area contributed by atoms with E-state index in [0.717, 1.165) is 12.8 Å². The molecule has 2 saturated heterocycles. The maximum atomic E-state index is 13.3. The molecule has 3 rings (SSSR count). The lowest BCUT2D eigenvalue weighted by Gasteiger charge is -2.42. The molecule has 2 fully saturated rings. The minimum atomic E-state index is -0.839. The Morgan fingerprint density at radius 2 is 2.24 bits per heavy atom. The van der Waals surface area contributed by atoms with E-state index in [1.54, 1.807) is 33.1 Å². The normalized spacial score (nSPS) is 26.9. The fourth-order valence-corrected chi connectivity index (χ4v) is 3.63. The first kappa shape index (κ1) is 18.1. The van der Waals surface area contributed by atoms with Crippen molar-refractivity contribution in [1.29, 1.82) is 0 Å². The number of benzene rings is 1. The predicted molar refractivity (Wildman–Crippen MR) is 91.0 cm³/mol. The molecule has 0 unspecified atom stereocenters. The highest BCUT2D eigenvalue weighted by atomic mass is 19.1. The van der Waals surface area contributed by atoms with Gasteiger partial charge in [-0.15, -0.1) is 0 Å². The van der Waals surface area contributed by atoms with Crippen LogP contribution in [0.5, 0.6) is 5.75 Å². The molecule has 25 heavy (non-hydrogen) atoms. The predicted octanol–water partition coefficient (Wildman–Crippen LogP) is 2.78. The Balaban J connectivity index is 1.64. The van der Waals surface area contributed by atoms with Crippen LogP contribution in [0.25, 0.3) is 0 Å². The summed E-state index contributed by atoms with van der Waals surface area (Å²) >= 11 is 0. The van der Waals surface area contributed by atoms with Crippen LogP contribution in [0.3, 0.4) is 0 Å². The monoisotopic (exact) mass is 351 g/mol. The molecule has 0 N–H and O–H groups in total. The molecule has 6 heteroatoms. The Labute approximate surface area is 148 Å². The third kappa shape index (κ3) is 3.96. The van der Waals surface area contributed by atoms with Crippen molar-refractivity contribution in [3.05, 3.63) is 30.1 Å². The number of rotatable bonds is 4. The molecule has 2 heterocycles. The molecule has 5 nitrogen and oxygen atoms in total. The first-order valence-corrected chi connectivity index (χ1v) is 8.74. The molecule has 1 aromatic rings. The van der Waals surface area contributed by atoms with Crippen LogP contribution in [0.2, 0.25) is 0 Å². The summed E-state index contributed by atoms with van der Waals surface area (Å²) in [5.74, 6) is 0.171. The first-order chi connectivity index (χ1) is 11.8. The molecule has 0 bridgehead atoms. The first-order valence-electron chi connectivity index (χ1n) is 8.74. The van der Waals surface area contributed by atoms with Crippen molar-refractivity contribution in [2.75, 3.05) is 26.8 Å². The number of hydrogen-bond donors (Lipinski definition) is 0. The van der Waals surface area contributed by atoms with E-state index in [-0.39, 0.29) is 23.4 Å². The van der Waals surface area contributed by atoms with Crippen molar-refractivity contribution in [3.63, 3.8) is 0 Å². The minimum Gasteiger partial charge on any atom is -0.488 e. The van der Waals surface area contributed by atoms with Gasteiger partial charge in [-0.25, -0.2) is 4.39 Å². The van der Waals surface area contributed by atoms with Gasteiger partial charge in [-0.2, -0.15) is 0 Å². The lowest BCUT2D eigenvalue weighted by molar-refractivity contribution is -0.158. The van der Waals surface area contributed by atoms with Crippen LogP contribution in [0.1, 0.15) is 33.1 Å². The van der Waals surface area contributed by atoms with E-state index in [0.29, 0.717) is 31.9 Å². The lowest BCUT2D eigenvalue weighted by Crippen LogP contribution is -2.55. The summed E-state index contributed by atoms with van der Waals surface area (Å²) in [4.78, 5) is 14.5. The highest BCUT2D eigenvalue weighted by Crippen LogP contribution is 2.37. The van der Waals surface area contributed by atoms with Crippen molar-refractivity contribution < 1.29 is 23.4 Å². The van der Waals surface area contributed by atoms with Gasteiger partial charge >= 0.3 is 0 Å². The SMILES string of the molecule is COC(C)(C)C(=O)N1CCC[C@@]2(C[C@@H](Oc3cccc(F)c3)CO2)C1. The topological polar surface area (TPSA) is 48.0 Å². The summed E-state index contributed by atoms with van der Waals surface area (Å²) in [6, 6.07) is 6.14. The number of carbonyl (C=O) groups excluding carboxylic acids is 1. The number of methoxy groups -OCH3 is 1. The van der Waals surface area contributed by atoms with E-state index in [1.807, 2.05) is 4.90 Å². The van der Waals surface area contributed by atoms with Gasteiger partial charge in [-0.05, 0) is 38.8 Å². The van der Waals surface area contributed by atoms with Crippen LogP contribution in [-0.4, -0.2) is 54.9 Å². The third-order valence-electron chi connectivity index (χ3n) is 5.13. The second-order valence-electron chi connectivity index (χ2n) is 7.44. The molecule has 0 radical (unpaired) electrons. The standard InChI is InChI=1S/C19H26FNO4/c1-18(2,23-3)17(22)21-9-5-8-19(13-21)11-16(12-24-19)25-15-7-4-6-14(20)10-15/h4,6-7,10,16H,5,8-9,11-13H2,1-3H3/t16-,19-/m1/s1. The number of likely N-dealkylation sites (tertiary alicyclic amines) is 1. The summed E-state index contributed by atoms with van der Waals surface area (Å²) in [5.41, 5.74) is -1.22. The number of amides is 1. The Kier molecular flexibility index (Phi) is 5.02. The molecule has 138 valence electrons. The highest BCUT2D eigenvalue weighted by Gasteiger charge is 2.47. The van der Waals surface area contributed by atoms with Gasteiger partial charge in [0, 0.05) is 32.7 Å². The van der Waals surface area contributed by atoms with Gasteiger partial charge in [0.15, 0.2) is 0 Å². The number of hydrogen-bond acceptors (Lipinski definition) is 4. The van der Waals surface area contributed by atoms with E-state index >= 15 is 0 Å². The highest BCUT2D eigenvalue weighted by molar-refractivity contribution is 5.84. The zero-order chi connectivity index (χ0) is 18.1. The summed E-state index contributed by atoms with van der Waals surface area (Å²) in [5, 5.41) is 0. The maximum Gasteiger partial charge on any atom is 0.254 e. The van der Waals surface area contributed by atoms with E-state index < -0.39 is 5.60 Å². The smallest absolute Gasteiger partial charge is 0.254 e. The number of halogens is 1. The average molecular weight is 351 g/mol. The van der Waals surface area contributed by atoms with Gasteiger partial charge in [0.1, 0.15) is 23.3 Å². The van der Waals surface area contributed by atoms with Crippen LogP contribution in [0.15, 0.2) is 24.3 Å². The third-order valence-corrected chi connectivity index (χ3v) is 5.13. The fourth-order valence-electron chi connectivity index (χ4n) is 3.63. The number of ether oxygens (including phenoxy) is 3. The van der Waals surface area contributed by atoms with E-state index in [1.165, 1.54) is 12.1 Å². The van der Waals surface area contributed by atoms with Gasteiger partial charge in [0.25, 0.3) is 5.91 Å². The van der Waals surface area contributed by atoms with Crippen LogP contribution in [-0.2, 0) is 14.3 Å². The summed E-state index contributed by atoms with van der Waals surface area (Å²) in [6.07, 6.45) is 2.35. The Morgan fingerprint density at radius 1 is 1.44 bits per heavy atom. The Morgan fingerprint density at radius 3 is 2.96 bits per heavy atom. The summed E-state index contributed by atoms with van der Waals surface area (Å²) in [6.45, 7) is 5.27. The molecule has 1 spiro atoms. The second kappa shape index (κ2) is 6.92. The molecule has 1 amide bonds. The number of carbonyl (C=O) groups is 1. The zero-order valence-corrected chi connectivity index (χ0v) is 15.1. The molecule has 1 aromatic carbocycles. The van der Waals surface area contributed by atoms with E-state index in [9.17, 15) is 9.18 Å². The van der Waals surface area contributed by atoms with Gasteiger partial charge in [0.05, 0.1) is 12.2 Å². The van der Waals surface area contributed by atoms with Crippen molar-refractivity contribution in [2.24, 2.45) is 0 Å². The van der Waals surface area contributed by atoms with Gasteiger partial charge in [-0.1, -0.05) is 6.07 Å². The van der Waals surface area contributed by atoms with Gasteiger partial charge in [0.2, 0.25) is 0 Å². The molecule has 0 aliphatic carbocycles. The molecule has 0 saturated carbocycles. The lowest BCUT2D eigenvalue weighted by atomic mass is 9.88. The molecule has 2 aliphatic rings. The van der Waals surface area contributed by atoms with E-state index in [4.69, 9.17) is 14.2 Å². The largest absolute Gasteiger partial charge is 0.488 e. The Hall–Kier alpha value is -1.66. The minimum absolute atomic E-state index is 0.0211. The van der Waals surface area contributed by atoms with Gasteiger partial charge in [-0.3, -0.25) is 4.79 Å². The van der Waals surface area contributed by atoms with Crippen LogP contribution < -0.4 is 4.74 Å². The van der Waals surface area contributed by atoms with Crippen molar-refractivity contribution >= 4 is 5.91 Å². The second-order valence-corrected chi connectivity index (χ2v) is 7.44. The van der Waals surface area contributed by atoms with Crippen molar-refractivity contribution in [2.45, 2.75) is 50.4 Å². The summed E-state index contributed by atoms with van der Waals surface area (Å²) in [7, 11) is 1.55. The molecule has 0 aromatic heterocycles. The number of piperidine rings is 1. The average Bonchev–Trinajstić information content (AvgIpc) is 2.96. The van der Waals surface area contributed by atoms with E-state index in [2.05, 4.69) is 0 Å². The molecular formula is C19H26FNO4. The van der Waals surface area contributed by atoms with Crippen molar-refractivity contribution in [1.82, 2.24) is 4.90 Å². The Bertz CT molecular complexity index is 636. The van der Waals surface area contributed by atoms with Gasteiger partial charge < -0.3 is 19.1 Å². The zero-order valence-electron chi connectivity index (χ0n) is 15.1. The van der Waals surface area contributed by atoms with Crippen LogP contribution >= 0.6 is 0 Å². The number of nitrogens with zero attached hydrogens (tertiary/aromatic N) is 1. The summed E-state index contributed by atoms with van der Waals surface area (Å²) < 4.78 is 30.6. The van der Waals surface area contributed by atoms with Crippen molar-refractivity contribution in [3.8, 4) is 5.75 Å². The maximum absolute atomic E-state index is 13.3.